The predicted molar refractivity (Wildman–Crippen MR) is 85.0 cm³/mol. The molecule has 0 saturated heterocycles. The summed E-state index contributed by atoms with van der Waals surface area (Å²) in [6, 6.07) is 12.3. The van der Waals surface area contributed by atoms with Crippen molar-refractivity contribution in [1.82, 2.24) is 5.32 Å². The Morgan fingerprint density at radius 1 is 1.10 bits per heavy atom. The van der Waals surface area contributed by atoms with Gasteiger partial charge < -0.3 is 5.32 Å². The smallest absolute Gasteiger partial charge is 0.275 e. The van der Waals surface area contributed by atoms with Gasteiger partial charge in [0, 0.05) is 17.6 Å². The Bertz CT molecular complexity index is 630. The molecule has 2 aromatic carbocycles. The first-order valence-electron chi connectivity index (χ1n) is 6.45. The van der Waals surface area contributed by atoms with Crippen molar-refractivity contribution < 1.29 is 4.92 Å². The first-order valence-corrected chi connectivity index (χ1v) is 7.20. The Labute approximate surface area is 132 Å². The molecule has 4 nitrogen and oxygen atoms in total. The van der Waals surface area contributed by atoms with E-state index in [1.54, 1.807) is 12.1 Å². The molecule has 0 unspecified atom stereocenters. The van der Waals surface area contributed by atoms with Gasteiger partial charge in [-0.3, -0.25) is 10.1 Å². The van der Waals surface area contributed by atoms with Crippen molar-refractivity contribution in [3.8, 4) is 0 Å². The zero-order valence-corrected chi connectivity index (χ0v) is 12.7. The normalized spacial score (nSPS) is 10.6. The highest BCUT2D eigenvalue weighted by molar-refractivity contribution is 6.31. The van der Waals surface area contributed by atoms with Crippen molar-refractivity contribution in [2.24, 2.45) is 0 Å². The van der Waals surface area contributed by atoms with Gasteiger partial charge in [-0.15, -0.1) is 0 Å². The van der Waals surface area contributed by atoms with Crippen molar-refractivity contribution >= 4 is 28.9 Å². The average molecular weight is 325 g/mol. The Balaban J connectivity index is 1.92. The summed E-state index contributed by atoms with van der Waals surface area (Å²) < 4.78 is 0. The fraction of sp³-hybridized carbons (Fsp3) is 0.200. The lowest BCUT2D eigenvalue weighted by molar-refractivity contribution is -0.385. The molecule has 0 saturated carbocycles. The average Bonchev–Trinajstić information content (AvgIpc) is 2.46. The highest BCUT2D eigenvalue weighted by Crippen LogP contribution is 2.25. The maximum absolute atomic E-state index is 11.0. The lowest BCUT2D eigenvalue weighted by Crippen LogP contribution is -2.17. The van der Waals surface area contributed by atoms with Gasteiger partial charge in [0.1, 0.15) is 0 Å². The first-order chi connectivity index (χ1) is 10.1. The number of hydrogen-bond donors (Lipinski definition) is 1. The van der Waals surface area contributed by atoms with Crippen LogP contribution in [0.5, 0.6) is 0 Å². The summed E-state index contributed by atoms with van der Waals surface area (Å²) in [6.45, 7) is 1.06. The summed E-state index contributed by atoms with van der Waals surface area (Å²) in [7, 11) is 0. The second kappa shape index (κ2) is 7.41. The monoisotopic (exact) mass is 324 g/mol. The fourth-order valence-corrected chi connectivity index (χ4v) is 2.35. The number of nitrogens with zero attached hydrogens (tertiary/aromatic N) is 1. The molecule has 0 aliphatic heterocycles. The van der Waals surface area contributed by atoms with Gasteiger partial charge in [-0.25, -0.2) is 0 Å². The van der Waals surface area contributed by atoms with Crippen molar-refractivity contribution in [2.45, 2.75) is 13.0 Å². The van der Waals surface area contributed by atoms with Crippen LogP contribution >= 0.6 is 23.2 Å². The highest BCUT2D eigenvalue weighted by atomic mass is 35.5. The third-order valence-electron chi connectivity index (χ3n) is 3.10. The van der Waals surface area contributed by atoms with Crippen molar-refractivity contribution in [2.75, 3.05) is 6.54 Å². The Morgan fingerprint density at radius 2 is 1.81 bits per heavy atom. The molecule has 6 heteroatoms. The van der Waals surface area contributed by atoms with E-state index in [0.29, 0.717) is 28.7 Å². The summed E-state index contributed by atoms with van der Waals surface area (Å²) in [4.78, 5) is 10.6. The minimum absolute atomic E-state index is 0.0430. The maximum Gasteiger partial charge on any atom is 0.275 e. The Hall–Kier alpha value is -1.62. The minimum atomic E-state index is -0.415. The molecule has 0 atom stereocenters. The summed E-state index contributed by atoms with van der Waals surface area (Å²) in [5.41, 5.74) is 1.71. The largest absolute Gasteiger partial charge is 0.312 e. The Morgan fingerprint density at radius 3 is 2.48 bits per heavy atom. The van der Waals surface area contributed by atoms with Gasteiger partial charge >= 0.3 is 0 Å². The SMILES string of the molecule is O=[N+]([O-])c1cccc(Cl)c1CNCCc1ccc(Cl)cc1. The number of rotatable bonds is 6. The lowest BCUT2D eigenvalue weighted by atomic mass is 10.1. The molecule has 110 valence electrons. The van der Waals surface area contributed by atoms with E-state index in [4.69, 9.17) is 23.2 Å². The topological polar surface area (TPSA) is 55.2 Å². The number of halogens is 2. The van der Waals surface area contributed by atoms with E-state index in [1.165, 1.54) is 6.07 Å². The molecule has 0 radical (unpaired) electrons. The predicted octanol–water partition coefficient (Wildman–Crippen LogP) is 4.23. The van der Waals surface area contributed by atoms with E-state index in [9.17, 15) is 10.1 Å². The minimum Gasteiger partial charge on any atom is -0.312 e. The van der Waals surface area contributed by atoms with Gasteiger partial charge in [0.25, 0.3) is 5.69 Å². The summed E-state index contributed by atoms with van der Waals surface area (Å²) in [5.74, 6) is 0. The van der Waals surface area contributed by atoms with E-state index in [2.05, 4.69) is 5.32 Å². The summed E-state index contributed by atoms with van der Waals surface area (Å²) in [5, 5.41) is 15.3. The molecule has 0 aromatic heterocycles. The van der Waals surface area contributed by atoms with Gasteiger partial charge in [-0.05, 0) is 36.7 Å². The standard InChI is InChI=1S/C15H14Cl2N2O2/c16-12-6-4-11(5-7-12)8-9-18-10-13-14(17)2-1-3-15(13)19(20)21/h1-7,18H,8-10H2. The molecular formula is C15H14Cl2N2O2. The molecule has 0 heterocycles. The molecule has 0 spiro atoms. The molecule has 0 bridgehead atoms. The number of nitro benzene ring substituents is 1. The van der Waals surface area contributed by atoms with Crippen LogP contribution in [0.2, 0.25) is 10.0 Å². The van der Waals surface area contributed by atoms with Gasteiger partial charge in [-0.1, -0.05) is 41.4 Å². The maximum atomic E-state index is 11.0. The fourth-order valence-electron chi connectivity index (χ4n) is 1.99. The van der Waals surface area contributed by atoms with Gasteiger partial charge in [-0.2, -0.15) is 0 Å². The summed E-state index contributed by atoms with van der Waals surface area (Å²) in [6.07, 6.45) is 0.815. The highest BCUT2D eigenvalue weighted by Gasteiger charge is 2.15. The molecule has 2 aromatic rings. The van der Waals surface area contributed by atoms with Crippen LogP contribution in [0.3, 0.4) is 0 Å². The van der Waals surface area contributed by atoms with Crippen LogP contribution < -0.4 is 5.32 Å². The molecule has 21 heavy (non-hydrogen) atoms. The number of nitrogens with one attached hydrogen (secondary N) is 1. The molecule has 0 fully saturated rings. The first kappa shape index (κ1) is 15.8. The second-order valence-electron chi connectivity index (χ2n) is 4.55. The van der Waals surface area contributed by atoms with Crippen LogP contribution in [0.25, 0.3) is 0 Å². The van der Waals surface area contributed by atoms with Crippen LogP contribution in [-0.4, -0.2) is 11.5 Å². The van der Waals surface area contributed by atoms with Crippen molar-refractivity contribution in [1.29, 1.82) is 0 Å². The van der Waals surface area contributed by atoms with Crippen LogP contribution in [-0.2, 0) is 13.0 Å². The van der Waals surface area contributed by atoms with Crippen LogP contribution in [0, 0.1) is 10.1 Å². The molecule has 2 rings (SSSR count). The quantitative estimate of drug-likeness (QED) is 0.491. The van der Waals surface area contributed by atoms with Crippen LogP contribution in [0.4, 0.5) is 5.69 Å². The third kappa shape index (κ3) is 4.43. The third-order valence-corrected chi connectivity index (χ3v) is 3.70. The zero-order chi connectivity index (χ0) is 15.2. The lowest BCUT2D eigenvalue weighted by Gasteiger charge is -2.07. The van der Waals surface area contributed by atoms with Crippen molar-refractivity contribution in [3.05, 3.63) is 73.8 Å². The van der Waals surface area contributed by atoms with E-state index in [1.807, 2.05) is 24.3 Å². The molecule has 0 aliphatic carbocycles. The second-order valence-corrected chi connectivity index (χ2v) is 5.39. The molecular weight excluding hydrogens is 311 g/mol. The number of benzene rings is 2. The molecule has 0 aliphatic rings. The van der Waals surface area contributed by atoms with E-state index in [-0.39, 0.29) is 5.69 Å². The van der Waals surface area contributed by atoms with Gasteiger partial charge in [0.05, 0.1) is 15.5 Å². The zero-order valence-electron chi connectivity index (χ0n) is 11.2. The number of hydrogen-bond acceptors (Lipinski definition) is 3. The van der Waals surface area contributed by atoms with Crippen molar-refractivity contribution in [3.63, 3.8) is 0 Å². The van der Waals surface area contributed by atoms with E-state index >= 15 is 0 Å². The molecule has 0 amide bonds. The number of nitro groups is 1. The van der Waals surface area contributed by atoms with Crippen LogP contribution in [0.15, 0.2) is 42.5 Å². The summed E-state index contributed by atoms with van der Waals surface area (Å²) >= 11 is 11.9. The van der Waals surface area contributed by atoms with E-state index in [0.717, 1.165) is 12.0 Å². The Kier molecular flexibility index (Phi) is 5.56. The van der Waals surface area contributed by atoms with Gasteiger partial charge in [0.2, 0.25) is 0 Å². The van der Waals surface area contributed by atoms with Crippen LogP contribution in [0.1, 0.15) is 11.1 Å². The van der Waals surface area contributed by atoms with Gasteiger partial charge in [0.15, 0.2) is 0 Å². The molecule has 1 N–H and O–H groups in total. The van der Waals surface area contributed by atoms with E-state index < -0.39 is 4.92 Å².